The molecule has 0 radical (unpaired) electrons. The van der Waals surface area contributed by atoms with Gasteiger partial charge in [0.1, 0.15) is 0 Å². The van der Waals surface area contributed by atoms with Crippen LogP contribution in [-0.2, 0) is 0 Å². The van der Waals surface area contributed by atoms with Crippen molar-refractivity contribution in [1.82, 2.24) is 0 Å². The lowest BCUT2D eigenvalue weighted by Gasteiger charge is -2.60. The van der Waals surface area contributed by atoms with Gasteiger partial charge in [-0.25, -0.2) is 0 Å². The van der Waals surface area contributed by atoms with Crippen molar-refractivity contribution in [3.05, 3.63) is 0 Å². The summed E-state index contributed by atoms with van der Waals surface area (Å²) in [6, 6.07) is 0. The first-order valence-corrected chi connectivity index (χ1v) is 10.1. The Bertz CT molecular complexity index is 430. The highest BCUT2D eigenvalue weighted by atomic mass is 16.3. The van der Waals surface area contributed by atoms with Crippen LogP contribution in [0.1, 0.15) is 85.0 Å². The minimum absolute atomic E-state index is 0.104. The van der Waals surface area contributed by atoms with E-state index in [1.807, 2.05) is 6.92 Å². The van der Waals surface area contributed by atoms with Crippen molar-refractivity contribution >= 4 is 0 Å². The number of fused-ring (bicyclic) bond motifs is 5. The molecule has 0 amide bonds. The van der Waals surface area contributed by atoms with Gasteiger partial charge in [0.25, 0.3) is 0 Å². The number of aliphatic hydroxyl groups is 1. The van der Waals surface area contributed by atoms with Gasteiger partial charge >= 0.3 is 0 Å². The molecule has 1 unspecified atom stereocenters. The lowest BCUT2D eigenvalue weighted by Crippen LogP contribution is -2.53. The minimum atomic E-state index is -0.104. The van der Waals surface area contributed by atoms with Gasteiger partial charge in [0, 0.05) is 0 Å². The average Bonchev–Trinajstić information content (AvgIpc) is 2.84. The number of hydrogen-bond donors (Lipinski definition) is 1. The fourth-order valence-corrected chi connectivity index (χ4v) is 8.13. The second-order valence-corrected chi connectivity index (χ2v) is 9.87. The Kier molecular flexibility index (Phi) is 3.68. The molecule has 4 fully saturated rings. The molecule has 1 N–H and O–H groups in total. The zero-order chi connectivity index (χ0) is 15.5. The fourth-order valence-electron chi connectivity index (χ4n) is 8.13. The molecule has 0 spiro atoms. The maximum absolute atomic E-state index is 10.3. The molecular formula is C21H36O. The van der Waals surface area contributed by atoms with Gasteiger partial charge in [0.05, 0.1) is 6.10 Å². The predicted molar refractivity (Wildman–Crippen MR) is 91.5 cm³/mol. The summed E-state index contributed by atoms with van der Waals surface area (Å²) < 4.78 is 0. The van der Waals surface area contributed by atoms with Gasteiger partial charge in [0.15, 0.2) is 0 Å². The van der Waals surface area contributed by atoms with E-state index in [-0.39, 0.29) is 6.10 Å². The third-order valence-corrected chi connectivity index (χ3v) is 9.24. The lowest BCUT2D eigenvalue weighted by atomic mass is 9.45. The van der Waals surface area contributed by atoms with Crippen LogP contribution in [0.15, 0.2) is 0 Å². The monoisotopic (exact) mass is 304 g/mol. The Morgan fingerprint density at radius 3 is 2.36 bits per heavy atom. The standard InChI is InChI=1S/C21H36O/c1-14(22)17-9-10-18-16-8-7-15-6-4-5-12-20(15,2)19(16)11-13-21(17,18)3/h14-19,22H,4-13H2,1-3H3/t14-,15?,16+,17-,18+,19+,20+,21-/m1/s1. The summed E-state index contributed by atoms with van der Waals surface area (Å²) in [6.45, 7) is 7.24. The summed E-state index contributed by atoms with van der Waals surface area (Å²) in [5.41, 5.74) is 1.10. The summed E-state index contributed by atoms with van der Waals surface area (Å²) in [4.78, 5) is 0. The molecule has 4 rings (SSSR count). The van der Waals surface area contributed by atoms with Gasteiger partial charge < -0.3 is 5.11 Å². The second kappa shape index (κ2) is 5.23. The average molecular weight is 305 g/mol. The molecule has 1 heteroatoms. The summed E-state index contributed by atoms with van der Waals surface area (Å²) in [5.74, 6) is 4.47. The van der Waals surface area contributed by atoms with Crippen molar-refractivity contribution in [3.8, 4) is 0 Å². The molecule has 126 valence electrons. The van der Waals surface area contributed by atoms with Crippen molar-refractivity contribution in [2.24, 2.45) is 40.4 Å². The summed E-state index contributed by atoms with van der Waals surface area (Å²) in [5, 5.41) is 10.3. The van der Waals surface area contributed by atoms with Gasteiger partial charge in [-0.1, -0.05) is 26.7 Å². The molecule has 8 atom stereocenters. The molecular weight excluding hydrogens is 268 g/mol. The van der Waals surface area contributed by atoms with Crippen LogP contribution in [0, 0.1) is 40.4 Å². The van der Waals surface area contributed by atoms with Crippen LogP contribution in [0.4, 0.5) is 0 Å². The molecule has 4 saturated carbocycles. The first-order valence-electron chi connectivity index (χ1n) is 10.1. The topological polar surface area (TPSA) is 20.2 Å². The normalized spacial score (nSPS) is 55.9. The number of rotatable bonds is 1. The molecule has 0 aromatic rings. The van der Waals surface area contributed by atoms with Crippen LogP contribution in [0.3, 0.4) is 0 Å². The van der Waals surface area contributed by atoms with Crippen molar-refractivity contribution in [1.29, 1.82) is 0 Å². The van der Waals surface area contributed by atoms with Crippen LogP contribution < -0.4 is 0 Å². The van der Waals surface area contributed by atoms with E-state index in [0.29, 0.717) is 16.7 Å². The Labute approximate surface area is 137 Å². The van der Waals surface area contributed by atoms with Crippen LogP contribution in [0.5, 0.6) is 0 Å². The van der Waals surface area contributed by atoms with E-state index < -0.39 is 0 Å². The molecule has 1 nitrogen and oxygen atoms in total. The molecule has 0 saturated heterocycles. The number of aliphatic hydroxyl groups excluding tert-OH is 1. The van der Waals surface area contributed by atoms with Gasteiger partial charge in [-0.05, 0) is 98.7 Å². The van der Waals surface area contributed by atoms with E-state index in [9.17, 15) is 5.11 Å². The first-order chi connectivity index (χ1) is 10.5. The summed E-state index contributed by atoms with van der Waals surface area (Å²) >= 11 is 0. The van der Waals surface area contributed by atoms with Gasteiger partial charge in [-0.3, -0.25) is 0 Å². The van der Waals surface area contributed by atoms with E-state index in [4.69, 9.17) is 0 Å². The van der Waals surface area contributed by atoms with Crippen LogP contribution in [-0.4, -0.2) is 11.2 Å². The van der Waals surface area contributed by atoms with E-state index in [1.54, 1.807) is 0 Å². The Hall–Kier alpha value is -0.0400. The fraction of sp³-hybridized carbons (Fsp3) is 1.00. The number of hydrogen-bond acceptors (Lipinski definition) is 1. The molecule has 0 heterocycles. The second-order valence-electron chi connectivity index (χ2n) is 9.87. The molecule has 0 aromatic heterocycles. The van der Waals surface area contributed by atoms with E-state index >= 15 is 0 Å². The molecule has 0 aromatic carbocycles. The molecule has 0 bridgehead atoms. The molecule has 4 aliphatic rings. The van der Waals surface area contributed by atoms with Crippen LogP contribution in [0.25, 0.3) is 0 Å². The molecule has 4 aliphatic carbocycles. The highest BCUT2D eigenvalue weighted by molar-refractivity contribution is 5.09. The Morgan fingerprint density at radius 1 is 0.818 bits per heavy atom. The highest BCUT2D eigenvalue weighted by Crippen LogP contribution is 2.67. The zero-order valence-corrected chi connectivity index (χ0v) is 15.0. The smallest absolute Gasteiger partial charge is 0.0545 e. The highest BCUT2D eigenvalue weighted by Gasteiger charge is 2.60. The molecule has 0 aliphatic heterocycles. The van der Waals surface area contributed by atoms with Crippen molar-refractivity contribution < 1.29 is 5.11 Å². The van der Waals surface area contributed by atoms with Gasteiger partial charge in [0.2, 0.25) is 0 Å². The van der Waals surface area contributed by atoms with Crippen molar-refractivity contribution in [3.63, 3.8) is 0 Å². The van der Waals surface area contributed by atoms with E-state index in [1.165, 1.54) is 64.2 Å². The van der Waals surface area contributed by atoms with Crippen molar-refractivity contribution in [2.75, 3.05) is 0 Å². The maximum Gasteiger partial charge on any atom is 0.0545 e. The summed E-state index contributed by atoms with van der Waals surface area (Å²) in [7, 11) is 0. The zero-order valence-electron chi connectivity index (χ0n) is 15.0. The van der Waals surface area contributed by atoms with Crippen LogP contribution >= 0.6 is 0 Å². The minimum Gasteiger partial charge on any atom is -0.393 e. The van der Waals surface area contributed by atoms with E-state index in [2.05, 4.69) is 13.8 Å². The largest absolute Gasteiger partial charge is 0.393 e. The quantitative estimate of drug-likeness (QED) is 0.686. The van der Waals surface area contributed by atoms with Crippen molar-refractivity contribution in [2.45, 2.75) is 91.1 Å². The SMILES string of the molecule is C[C@@H](O)[C@H]1CC[C@H]2[C@@H]3CCC4CCCC[C@]4(C)[C@H]3CC[C@]12C. The molecule has 22 heavy (non-hydrogen) atoms. The van der Waals surface area contributed by atoms with E-state index in [0.717, 1.165) is 23.7 Å². The van der Waals surface area contributed by atoms with Gasteiger partial charge in [-0.2, -0.15) is 0 Å². The van der Waals surface area contributed by atoms with Crippen LogP contribution in [0.2, 0.25) is 0 Å². The third kappa shape index (κ3) is 2.00. The summed E-state index contributed by atoms with van der Waals surface area (Å²) in [6.07, 6.45) is 14.4. The van der Waals surface area contributed by atoms with Gasteiger partial charge in [-0.15, -0.1) is 0 Å². The lowest BCUT2D eigenvalue weighted by molar-refractivity contribution is -0.118. The maximum atomic E-state index is 10.3. The predicted octanol–water partition coefficient (Wildman–Crippen LogP) is 5.42. The Balaban J connectivity index is 1.62. The Morgan fingerprint density at radius 2 is 1.59 bits per heavy atom. The third-order valence-electron chi connectivity index (χ3n) is 9.24. The first kappa shape index (κ1) is 15.5.